The summed E-state index contributed by atoms with van der Waals surface area (Å²) < 4.78 is 220. The second-order valence-electron chi connectivity index (χ2n) is 38.7. The zero-order valence-corrected chi connectivity index (χ0v) is 83.4. The molecule has 794 valence electrons. The van der Waals surface area contributed by atoms with Gasteiger partial charge in [0.15, 0.2) is 28.2 Å². The van der Waals surface area contributed by atoms with Gasteiger partial charge in [-0.2, -0.15) is 25.5 Å². The number of rotatable bonds is 24. The summed E-state index contributed by atoms with van der Waals surface area (Å²) in [7, 11) is -3.29. The molecule has 5 N–H and O–H groups in total. The van der Waals surface area contributed by atoms with E-state index in [2.05, 4.69) is 120 Å². The van der Waals surface area contributed by atoms with Gasteiger partial charge in [-0.1, -0.05) is 41.5 Å². The van der Waals surface area contributed by atoms with Crippen LogP contribution in [0.2, 0.25) is 0 Å². The molecule has 20 heterocycles. The van der Waals surface area contributed by atoms with Crippen LogP contribution in [0.4, 0.5) is 90.6 Å². The van der Waals surface area contributed by atoms with Crippen LogP contribution in [0.1, 0.15) is 161 Å². The molecule has 52 heteroatoms. The maximum Gasteiger partial charge on any atom is 0.282 e. The topological polar surface area (TPSA) is 423 Å². The Labute approximate surface area is 845 Å². The first-order chi connectivity index (χ1) is 70.9. The highest BCUT2D eigenvalue weighted by atomic mass is 32.2. The molecule has 0 amide bonds. The fourth-order valence-corrected chi connectivity index (χ4v) is 19.8. The van der Waals surface area contributed by atoms with Crippen LogP contribution >= 0.6 is 0 Å². The average molecular weight is 2110 g/mol. The summed E-state index contributed by atoms with van der Waals surface area (Å²) in [5.41, 5.74) is 3.51. The minimum atomic E-state index is -3.29. The van der Waals surface area contributed by atoms with Gasteiger partial charge in [0, 0.05) is 125 Å². The van der Waals surface area contributed by atoms with Crippen molar-refractivity contribution in [3.63, 3.8) is 0 Å². The molecule has 0 spiro atoms. The Hall–Kier alpha value is -13.7. The Morgan fingerprint density at radius 1 is 0.362 bits per heavy atom. The molecule has 149 heavy (non-hydrogen) atoms. The number of hydrogen-bond acceptors (Lipinski definition) is 31. The van der Waals surface area contributed by atoms with Crippen molar-refractivity contribution >= 4 is 67.3 Å². The Bertz CT molecular complexity index is 6940. The van der Waals surface area contributed by atoms with Crippen LogP contribution in [0.15, 0.2) is 154 Å². The molecule has 5 aliphatic heterocycles. The van der Waals surface area contributed by atoms with E-state index in [0.717, 1.165) is 76.1 Å². The molecule has 20 rings (SSSR count). The van der Waals surface area contributed by atoms with Crippen LogP contribution in [0.3, 0.4) is 0 Å². The first-order valence-corrected chi connectivity index (χ1v) is 50.2. The van der Waals surface area contributed by atoms with E-state index in [1.165, 1.54) is 141 Å². The maximum absolute atomic E-state index is 14.2. The van der Waals surface area contributed by atoms with Gasteiger partial charge in [-0.25, -0.2) is 172 Å². The van der Waals surface area contributed by atoms with Crippen molar-refractivity contribution in [3.05, 3.63) is 182 Å². The zero-order chi connectivity index (χ0) is 107. The van der Waals surface area contributed by atoms with Gasteiger partial charge in [0.05, 0.1) is 102 Å². The van der Waals surface area contributed by atoms with Gasteiger partial charge in [0.2, 0.25) is 10.0 Å². The Kier molecular flexibility index (Phi) is 32.6. The van der Waals surface area contributed by atoms with Crippen LogP contribution in [0.25, 0.3) is 85.2 Å². The molecule has 0 aliphatic carbocycles. The van der Waals surface area contributed by atoms with Gasteiger partial charge in [-0.15, -0.1) is 0 Å². The highest BCUT2D eigenvalue weighted by molar-refractivity contribution is 7.88. The lowest BCUT2D eigenvalue weighted by Crippen LogP contribution is -2.54. The summed E-state index contributed by atoms with van der Waals surface area (Å²) >= 11 is 0. The molecule has 5 fully saturated rings. The van der Waals surface area contributed by atoms with Crippen LogP contribution in [-0.2, 0) is 10.0 Å². The van der Waals surface area contributed by atoms with Crippen molar-refractivity contribution in [3.8, 4) is 56.9 Å². The summed E-state index contributed by atoms with van der Waals surface area (Å²) in [6.45, 7) is 19.9. The minimum Gasteiger partial charge on any atom is -0.396 e. The van der Waals surface area contributed by atoms with Crippen molar-refractivity contribution in [1.29, 1.82) is 0 Å². The van der Waals surface area contributed by atoms with E-state index < -0.39 is 113 Å². The van der Waals surface area contributed by atoms with Crippen molar-refractivity contribution in [2.75, 3.05) is 109 Å². The number of nitrogens with zero attached hydrogens (tertiary/aromatic N) is 30. The number of aliphatic hydroxyl groups is 4. The van der Waals surface area contributed by atoms with Crippen molar-refractivity contribution in [2.45, 2.75) is 162 Å². The van der Waals surface area contributed by atoms with E-state index in [0.29, 0.717) is 122 Å². The molecule has 0 bridgehead atoms. The first kappa shape index (κ1) is 108. The predicted octanol–water partition coefficient (Wildman–Crippen LogP) is 15.4. The van der Waals surface area contributed by atoms with Crippen LogP contribution in [-0.4, -0.2) is 266 Å². The highest BCUT2D eigenvalue weighted by Gasteiger charge is 2.51. The van der Waals surface area contributed by atoms with Gasteiger partial charge in [-0.05, 0) is 138 Å². The van der Waals surface area contributed by atoms with Gasteiger partial charge in [0.25, 0.3) is 44.0 Å². The SMILES string of the molecule is CC(C)C(C)(O)C1CCCN(c2cc(-c3cnc4ccc(C(F)F)nn34)ncn2)C1.CC(C)C(C)(O)C1CCCN(c2cc(-c3cnc4ccc(C(F)F)nn34)ncn2)C1.CC(NS(C)(=O)=O)C1CCCN(c2cc(-c3cnc4ccc(C(F)F)nn34)ncn2)C1.CC1CN(c2cc(-c3cnc4ccc(C(F)F)nn34)ncn2)CC(CO)C1(F)F.CC1CN(c2cc(-c3cnc4ccc(C(F)F)nn34)ncn2)CC(CO)C1(F)F. The molecule has 15 aromatic heterocycles. The molecule has 0 aromatic carbocycles. The number of aromatic nitrogens is 25. The van der Waals surface area contributed by atoms with Gasteiger partial charge in [0.1, 0.15) is 118 Å². The zero-order valence-electron chi connectivity index (χ0n) is 82.5. The first-order valence-electron chi connectivity index (χ1n) is 48.3. The summed E-state index contributed by atoms with van der Waals surface area (Å²) in [5, 5.41) is 60.5. The third-order valence-corrected chi connectivity index (χ3v) is 29.1. The van der Waals surface area contributed by atoms with Crippen LogP contribution < -0.4 is 29.2 Å². The van der Waals surface area contributed by atoms with Crippen molar-refractivity contribution < 1.29 is 90.3 Å². The molecule has 0 radical (unpaired) electrons. The van der Waals surface area contributed by atoms with E-state index >= 15 is 0 Å². The molecule has 37 nitrogen and oxygen atoms in total. The Morgan fingerprint density at radius 3 is 0.852 bits per heavy atom. The van der Waals surface area contributed by atoms with E-state index in [1.807, 2.05) is 60.6 Å². The van der Waals surface area contributed by atoms with E-state index in [4.69, 9.17) is 0 Å². The maximum atomic E-state index is 14.2. The number of alkyl halides is 14. The average Bonchev–Trinajstić information content (AvgIpc) is 1.13. The number of imidazole rings is 5. The quantitative estimate of drug-likeness (QED) is 0.0351. The van der Waals surface area contributed by atoms with Gasteiger partial charge >= 0.3 is 0 Å². The number of piperidine rings is 5. The molecule has 15 aromatic rings. The molecule has 0 saturated carbocycles. The molecular formula is C97H111F14N31O6S. The summed E-state index contributed by atoms with van der Waals surface area (Å²) in [6, 6.07) is 22.0. The van der Waals surface area contributed by atoms with Gasteiger partial charge < -0.3 is 44.9 Å². The summed E-state index contributed by atoms with van der Waals surface area (Å²) in [4.78, 5) is 73.5. The van der Waals surface area contributed by atoms with Crippen LogP contribution in [0, 0.1) is 53.3 Å². The highest BCUT2D eigenvalue weighted by Crippen LogP contribution is 2.44. The fraction of sp³-hybridized carbons (Fsp3) is 0.485. The van der Waals surface area contributed by atoms with E-state index in [9.17, 15) is 90.3 Å². The standard InChI is InChI=1S/2C21H26F2N6O.C19H23F2N7O2S.2C18H18F4N6O/c2*1-13(2)21(3,30)14-5-4-8-28(11-14)19-9-16(25-12-26-19)17-10-24-18-7-6-15(20(22)23)27-29(17)18;1-12(26-31(2,29)30)13-4-3-7-27(10-13)18-8-15(23-11-24-18)16-9-22-17-6-5-14(19(20)21)25-28(16)17;2*1-10-6-27(7-11(8-29)18(10,21)22)16-4-13(24-9-25-16)14-5-23-15-3-2-12(17(19)20)26-28(14)15/h2*6-7,9-10,12-14,20,30H,4-5,8,11H2,1-3H3;5-6,8-9,11-13,19,26H,3-4,7,10H2,1-2H3;2*2-5,9-11,17,29H,6-8H2,1H3. The predicted molar refractivity (Wildman–Crippen MR) is 522 cm³/mol. The lowest BCUT2D eigenvalue weighted by Gasteiger charge is -2.43. The molecular weight excluding hydrogens is 1990 g/mol. The Morgan fingerprint density at radius 2 is 0.611 bits per heavy atom. The van der Waals surface area contributed by atoms with Crippen molar-refractivity contribution in [2.24, 2.45) is 53.3 Å². The number of halogens is 14. The number of nitrogens with one attached hydrogen (secondary N) is 1. The minimum absolute atomic E-state index is 0.0564. The number of fused-ring (bicyclic) bond motifs is 5. The third-order valence-electron chi connectivity index (χ3n) is 28.3. The Balaban J connectivity index is 0.000000133. The second kappa shape index (κ2) is 45.0. The summed E-state index contributed by atoms with van der Waals surface area (Å²) in [5.74, 6) is -6.66. The van der Waals surface area contributed by atoms with E-state index in [-0.39, 0.29) is 78.9 Å². The molecule has 5 aliphatic rings. The number of anilines is 5. The molecule has 10 unspecified atom stereocenters. The van der Waals surface area contributed by atoms with E-state index in [1.54, 1.807) is 46.6 Å². The monoisotopic (exact) mass is 2100 g/mol. The second-order valence-corrected chi connectivity index (χ2v) is 40.5. The number of sulfonamides is 1. The number of hydrogen-bond donors (Lipinski definition) is 5. The molecule has 10 atom stereocenters. The fourth-order valence-electron chi connectivity index (χ4n) is 18.9. The third kappa shape index (κ3) is 23.9. The van der Waals surface area contributed by atoms with Gasteiger partial charge in [-0.3, -0.25) is 0 Å². The normalized spacial score (nSPS) is 20.3. The largest absolute Gasteiger partial charge is 0.396 e. The number of aliphatic hydroxyl groups excluding tert-OH is 2. The summed E-state index contributed by atoms with van der Waals surface area (Å²) in [6.07, 6.45) is 7.82. The smallest absolute Gasteiger partial charge is 0.282 e. The molecule has 5 saturated heterocycles. The van der Waals surface area contributed by atoms with Crippen molar-refractivity contribution in [1.82, 2.24) is 128 Å². The van der Waals surface area contributed by atoms with Crippen LogP contribution in [0.5, 0.6) is 0 Å². The lowest BCUT2D eigenvalue weighted by molar-refractivity contribution is -0.124. The lowest BCUT2D eigenvalue weighted by atomic mass is 9.76.